The Morgan fingerprint density at radius 1 is 1.37 bits per heavy atom. The molecule has 0 atom stereocenters. The third kappa shape index (κ3) is 4.08. The van der Waals surface area contributed by atoms with Crippen molar-refractivity contribution in [1.82, 2.24) is 4.57 Å². The van der Waals surface area contributed by atoms with Crippen molar-refractivity contribution in [3.63, 3.8) is 0 Å². The van der Waals surface area contributed by atoms with Gasteiger partial charge in [0.25, 0.3) is 5.76 Å². The number of halogens is 3. The van der Waals surface area contributed by atoms with Gasteiger partial charge in [0, 0.05) is 23.7 Å². The largest absolute Gasteiger partial charge is 0.494 e. The fourth-order valence-corrected chi connectivity index (χ4v) is 4.66. The fraction of sp³-hybridized carbons (Fsp3) is 0.278. The van der Waals surface area contributed by atoms with Gasteiger partial charge in [-0.15, -0.1) is 11.3 Å². The number of thiophene rings is 1. The minimum atomic E-state index is -2.49. The Balaban J connectivity index is 2.08. The second-order valence-corrected chi connectivity index (χ2v) is 8.08. The average Bonchev–Trinajstić information content (AvgIpc) is 3.11. The van der Waals surface area contributed by atoms with E-state index in [4.69, 9.17) is 4.74 Å². The summed E-state index contributed by atoms with van der Waals surface area (Å²) in [5.41, 5.74) is 2.60. The maximum atomic E-state index is 14.3. The molecule has 0 aliphatic carbocycles. The molecule has 1 N–H and O–H groups in total. The summed E-state index contributed by atoms with van der Waals surface area (Å²) < 4.78 is 46.6. The number of aromatic nitrogens is 1. The van der Waals surface area contributed by atoms with Crippen LogP contribution >= 0.6 is 23.1 Å². The number of methoxy groups -OCH3 is 1. The van der Waals surface area contributed by atoms with Gasteiger partial charge in [0.1, 0.15) is 0 Å². The fourth-order valence-electron chi connectivity index (χ4n) is 3.05. The van der Waals surface area contributed by atoms with Crippen molar-refractivity contribution in [2.45, 2.75) is 29.9 Å². The molecule has 3 rings (SSSR count). The first-order chi connectivity index (χ1) is 12.8. The lowest BCUT2D eigenvalue weighted by Gasteiger charge is -2.08. The number of fused-ring (bicyclic) bond motifs is 1. The van der Waals surface area contributed by atoms with Crippen LogP contribution in [0.4, 0.5) is 13.2 Å². The monoisotopic (exact) mass is 415 g/mol. The number of benzene rings is 1. The molecule has 0 saturated carbocycles. The summed E-state index contributed by atoms with van der Waals surface area (Å²) >= 11 is 1.70. The Morgan fingerprint density at radius 2 is 2.11 bits per heavy atom. The van der Waals surface area contributed by atoms with Crippen LogP contribution in [0.2, 0.25) is 0 Å². The summed E-state index contributed by atoms with van der Waals surface area (Å²) in [6, 6.07) is 4.48. The van der Waals surface area contributed by atoms with Gasteiger partial charge in [-0.2, -0.15) is 8.78 Å². The molecule has 9 heteroatoms. The van der Waals surface area contributed by atoms with Crippen molar-refractivity contribution >= 4 is 40.0 Å². The number of carboxylic acids is 1. The molecule has 2 aromatic heterocycles. The highest BCUT2D eigenvalue weighted by molar-refractivity contribution is 8.01. The maximum Gasteiger partial charge on any atom is 0.307 e. The third-order valence-electron chi connectivity index (χ3n) is 4.23. The quantitative estimate of drug-likeness (QED) is 0.543. The van der Waals surface area contributed by atoms with E-state index in [-0.39, 0.29) is 12.2 Å². The lowest BCUT2D eigenvalue weighted by molar-refractivity contribution is -0.136. The van der Waals surface area contributed by atoms with E-state index in [0.29, 0.717) is 44.7 Å². The lowest BCUT2D eigenvalue weighted by atomic mass is 10.1. The van der Waals surface area contributed by atoms with E-state index in [1.54, 1.807) is 22.9 Å². The van der Waals surface area contributed by atoms with Crippen LogP contribution in [-0.4, -0.2) is 28.5 Å². The van der Waals surface area contributed by atoms with Crippen LogP contribution in [0.25, 0.3) is 10.9 Å². The zero-order valence-corrected chi connectivity index (χ0v) is 16.1. The van der Waals surface area contributed by atoms with Gasteiger partial charge >= 0.3 is 5.97 Å². The Hall–Kier alpha value is -2.13. The summed E-state index contributed by atoms with van der Waals surface area (Å²) in [5.74, 6) is -4.00. The summed E-state index contributed by atoms with van der Waals surface area (Å²) in [5, 5.41) is 11.6. The molecular formula is C18H16F3NO3S2. The second-order valence-electron chi connectivity index (χ2n) is 5.88. The number of aliphatic carboxylic acids is 1. The topological polar surface area (TPSA) is 51.5 Å². The SMILES string of the molecule is COc1cc2c(CC(=O)O)c(C)n(Cc3csc(SC(F)F)c3)c2cc1F. The molecular weight excluding hydrogens is 399 g/mol. The van der Waals surface area contributed by atoms with Crippen LogP contribution in [0.5, 0.6) is 5.75 Å². The molecule has 4 nitrogen and oxygen atoms in total. The first-order valence-electron chi connectivity index (χ1n) is 7.89. The van der Waals surface area contributed by atoms with Crippen LogP contribution in [0.3, 0.4) is 0 Å². The number of nitrogens with zero attached hydrogens (tertiary/aromatic N) is 1. The number of thioether (sulfide) groups is 1. The highest BCUT2D eigenvalue weighted by Crippen LogP contribution is 2.35. The van der Waals surface area contributed by atoms with E-state index < -0.39 is 17.5 Å². The number of carbonyl (C=O) groups is 1. The second kappa shape index (κ2) is 7.85. The van der Waals surface area contributed by atoms with Crippen molar-refractivity contribution in [2.24, 2.45) is 0 Å². The molecule has 0 amide bonds. The van der Waals surface area contributed by atoms with Gasteiger partial charge in [0.2, 0.25) is 0 Å². The Labute approximate surface area is 161 Å². The molecule has 0 fully saturated rings. The molecule has 3 aromatic rings. The van der Waals surface area contributed by atoms with Gasteiger partial charge < -0.3 is 14.4 Å². The number of carboxylic acid groups (broad SMARTS) is 1. The molecule has 0 radical (unpaired) electrons. The number of alkyl halides is 2. The Morgan fingerprint density at radius 3 is 2.74 bits per heavy atom. The molecule has 2 heterocycles. The van der Waals surface area contributed by atoms with Gasteiger partial charge in [-0.05, 0) is 47.3 Å². The van der Waals surface area contributed by atoms with Crippen LogP contribution in [0.1, 0.15) is 16.8 Å². The molecule has 0 bridgehead atoms. The van der Waals surface area contributed by atoms with Gasteiger partial charge in [0.05, 0.1) is 23.3 Å². The molecule has 0 saturated heterocycles. The normalized spacial score (nSPS) is 11.5. The first-order valence-corrected chi connectivity index (χ1v) is 9.65. The minimum absolute atomic E-state index is 0.0393. The number of hydrogen-bond acceptors (Lipinski definition) is 4. The molecule has 1 aromatic carbocycles. The van der Waals surface area contributed by atoms with Crippen LogP contribution < -0.4 is 4.74 Å². The van der Waals surface area contributed by atoms with Gasteiger partial charge in [-0.25, -0.2) is 4.39 Å². The van der Waals surface area contributed by atoms with E-state index in [0.717, 1.165) is 5.56 Å². The maximum absolute atomic E-state index is 14.3. The van der Waals surface area contributed by atoms with Crippen molar-refractivity contribution < 1.29 is 27.8 Å². The zero-order valence-electron chi connectivity index (χ0n) is 14.5. The number of hydrogen-bond donors (Lipinski definition) is 1. The van der Waals surface area contributed by atoms with E-state index in [1.165, 1.54) is 30.6 Å². The molecule has 27 heavy (non-hydrogen) atoms. The van der Waals surface area contributed by atoms with Crippen molar-refractivity contribution in [2.75, 3.05) is 7.11 Å². The van der Waals surface area contributed by atoms with Gasteiger partial charge in [0.15, 0.2) is 11.6 Å². The zero-order chi connectivity index (χ0) is 19.7. The van der Waals surface area contributed by atoms with Crippen LogP contribution in [0, 0.1) is 12.7 Å². The summed E-state index contributed by atoms with van der Waals surface area (Å²) in [6.07, 6.45) is -0.208. The smallest absolute Gasteiger partial charge is 0.307 e. The number of rotatable bonds is 7. The lowest BCUT2D eigenvalue weighted by Crippen LogP contribution is -2.04. The summed E-state index contributed by atoms with van der Waals surface area (Å²) in [7, 11) is 1.35. The Kier molecular flexibility index (Phi) is 5.71. The van der Waals surface area contributed by atoms with Crippen molar-refractivity contribution in [3.8, 4) is 5.75 Å². The third-order valence-corrected chi connectivity index (χ3v) is 6.11. The standard InChI is InChI=1S/C18H16F3NO3S2/c1-9-11(5-16(23)24)12-4-15(25-2)13(19)6-14(12)22(9)7-10-3-17(26-8-10)27-18(20)21/h3-4,6,8,18H,5,7H2,1-2H3,(H,23,24). The van der Waals surface area contributed by atoms with E-state index in [1.807, 2.05) is 0 Å². The molecule has 0 aliphatic heterocycles. The molecule has 0 unspecified atom stereocenters. The average molecular weight is 415 g/mol. The summed E-state index contributed by atoms with van der Waals surface area (Å²) in [6.45, 7) is 2.10. The van der Waals surface area contributed by atoms with Crippen LogP contribution in [0.15, 0.2) is 27.8 Å². The van der Waals surface area contributed by atoms with Gasteiger partial charge in [-0.3, -0.25) is 4.79 Å². The molecule has 144 valence electrons. The predicted octanol–water partition coefficient (Wildman–Crippen LogP) is 5.15. The van der Waals surface area contributed by atoms with E-state index >= 15 is 0 Å². The Bertz CT molecular complexity index is 998. The van der Waals surface area contributed by atoms with Crippen molar-refractivity contribution in [1.29, 1.82) is 0 Å². The van der Waals surface area contributed by atoms with E-state index in [2.05, 4.69) is 0 Å². The van der Waals surface area contributed by atoms with Gasteiger partial charge in [-0.1, -0.05) is 0 Å². The van der Waals surface area contributed by atoms with E-state index in [9.17, 15) is 23.1 Å². The highest BCUT2D eigenvalue weighted by atomic mass is 32.2. The highest BCUT2D eigenvalue weighted by Gasteiger charge is 2.20. The first kappa shape index (κ1) is 19.6. The predicted molar refractivity (Wildman–Crippen MR) is 99.8 cm³/mol. The molecule has 0 aliphatic rings. The summed E-state index contributed by atoms with van der Waals surface area (Å²) in [4.78, 5) is 11.3. The van der Waals surface area contributed by atoms with Crippen molar-refractivity contribution in [3.05, 3.63) is 46.2 Å². The molecule has 0 spiro atoms. The number of ether oxygens (including phenoxy) is 1. The minimum Gasteiger partial charge on any atom is -0.494 e. The van der Waals surface area contributed by atoms with Crippen LogP contribution in [-0.2, 0) is 17.8 Å².